The first kappa shape index (κ1) is 25.4. The van der Waals surface area contributed by atoms with Gasteiger partial charge in [0.2, 0.25) is 0 Å². The molecule has 0 spiro atoms. The number of Topliss-reactive ketones (excluding diaryl/α,β-unsaturated/α-hetero) is 2. The SMILES string of the molecule is CC(C)Cn1cc(COc2ccccc2C2C3=C(CC(C)(C)CC3=O)OC3=C2C(=O)CC(C)(C)C3)nn1. The molecule has 2 aliphatic carbocycles. The fourth-order valence-corrected chi connectivity index (χ4v) is 5.86. The number of hydrogen-bond donors (Lipinski definition) is 0. The van der Waals surface area contributed by atoms with Crippen molar-refractivity contribution in [1.29, 1.82) is 0 Å². The molecule has 0 atom stereocenters. The number of ether oxygens (including phenoxy) is 2. The van der Waals surface area contributed by atoms with Gasteiger partial charge in [0.05, 0.1) is 12.1 Å². The first-order valence-electron chi connectivity index (χ1n) is 13.2. The summed E-state index contributed by atoms with van der Waals surface area (Å²) in [5.41, 5.74) is 2.40. The van der Waals surface area contributed by atoms with E-state index >= 15 is 0 Å². The van der Waals surface area contributed by atoms with Crippen molar-refractivity contribution >= 4 is 11.6 Å². The van der Waals surface area contributed by atoms with E-state index in [1.807, 2.05) is 35.1 Å². The predicted molar refractivity (Wildman–Crippen MR) is 140 cm³/mol. The molecular formula is C30H37N3O4. The van der Waals surface area contributed by atoms with E-state index in [1.165, 1.54) is 0 Å². The van der Waals surface area contributed by atoms with Crippen LogP contribution in [0.5, 0.6) is 5.75 Å². The highest BCUT2D eigenvalue weighted by molar-refractivity contribution is 6.06. The quantitative estimate of drug-likeness (QED) is 0.487. The standard InChI is InChI=1S/C30H37N3O4/c1-18(2)15-33-16-19(31-32-33)17-36-23-10-8-7-9-20(23)26-27-21(34)11-29(3,4)13-24(27)37-25-14-30(5,6)12-22(35)28(25)26/h7-10,16,18,26H,11-15,17H2,1-6H3. The minimum atomic E-state index is -0.487. The van der Waals surface area contributed by atoms with Crippen molar-refractivity contribution in [3.8, 4) is 5.75 Å². The van der Waals surface area contributed by atoms with Crippen LogP contribution < -0.4 is 4.74 Å². The van der Waals surface area contributed by atoms with Crippen LogP contribution >= 0.6 is 0 Å². The Morgan fingerprint density at radius 3 is 2.16 bits per heavy atom. The van der Waals surface area contributed by atoms with E-state index in [1.54, 1.807) is 0 Å². The normalized spacial score (nSPS) is 21.2. The summed E-state index contributed by atoms with van der Waals surface area (Å²) in [6.07, 6.45) is 4.08. The maximum atomic E-state index is 13.6. The van der Waals surface area contributed by atoms with Crippen molar-refractivity contribution in [3.05, 3.63) is 64.4 Å². The molecule has 0 radical (unpaired) electrons. The van der Waals surface area contributed by atoms with Gasteiger partial charge in [-0.1, -0.05) is 65.0 Å². The Labute approximate surface area is 218 Å². The van der Waals surface area contributed by atoms with Gasteiger partial charge in [-0.2, -0.15) is 0 Å². The molecular weight excluding hydrogens is 466 g/mol. The Morgan fingerprint density at radius 2 is 1.57 bits per heavy atom. The number of carbonyl (C=O) groups excluding carboxylic acids is 2. The average Bonchev–Trinajstić information content (AvgIpc) is 3.21. The highest BCUT2D eigenvalue weighted by atomic mass is 16.5. The topological polar surface area (TPSA) is 83.3 Å². The number of allylic oxidation sites excluding steroid dienone is 4. The zero-order chi connectivity index (χ0) is 26.5. The molecule has 0 saturated heterocycles. The Kier molecular flexibility index (Phi) is 6.37. The molecule has 2 aromatic rings. The molecule has 196 valence electrons. The highest BCUT2D eigenvalue weighted by Gasteiger charge is 2.48. The fourth-order valence-electron chi connectivity index (χ4n) is 5.86. The summed E-state index contributed by atoms with van der Waals surface area (Å²) in [6.45, 7) is 13.7. The van der Waals surface area contributed by atoms with Crippen molar-refractivity contribution in [1.82, 2.24) is 15.0 Å². The second-order valence-corrected chi connectivity index (χ2v) is 12.7. The molecule has 2 heterocycles. The third-order valence-electron chi connectivity index (χ3n) is 7.33. The monoisotopic (exact) mass is 503 g/mol. The van der Waals surface area contributed by atoms with Gasteiger partial charge in [0.15, 0.2) is 11.6 Å². The van der Waals surface area contributed by atoms with Crippen LogP contribution in [0.3, 0.4) is 0 Å². The van der Waals surface area contributed by atoms with Crippen LogP contribution in [0.25, 0.3) is 0 Å². The van der Waals surface area contributed by atoms with Crippen LogP contribution in [0.1, 0.15) is 84.4 Å². The van der Waals surface area contributed by atoms with Crippen LogP contribution in [0.4, 0.5) is 0 Å². The van der Waals surface area contributed by atoms with Crippen LogP contribution in [-0.2, 0) is 27.5 Å². The van der Waals surface area contributed by atoms with E-state index in [0.717, 1.165) is 17.8 Å². The minimum Gasteiger partial charge on any atom is -0.487 e. The molecule has 1 aromatic carbocycles. The minimum absolute atomic E-state index is 0.0480. The maximum absolute atomic E-state index is 13.6. The molecule has 0 amide bonds. The van der Waals surface area contributed by atoms with E-state index in [9.17, 15) is 9.59 Å². The van der Waals surface area contributed by atoms with Crippen molar-refractivity contribution in [2.24, 2.45) is 16.7 Å². The maximum Gasteiger partial charge on any atom is 0.163 e. The average molecular weight is 504 g/mol. The molecule has 0 unspecified atom stereocenters. The molecule has 0 saturated carbocycles. The van der Waals surface area contributed by atoms with Crippen molar-refractivity contribution in [3.63, 3.8) is 0 Å². The van der Waals surface area contributed by atoms with Gasteiger partial charge >= 0.3 is 0 Å². The first-order chi connectivity index (χ1) is 17.4. The van der Waals surface area contributed by atoms with Gasteiger partial charge in [0.1, 0.15) is 29.6 Å². The van der Waals surface area contributed by atoms with Crippen LogP contribution in [-0.4, -0.2) is 26.6 Å². The van der Waals surface area contributed by atoms with Gasteiger partial charge in [0, 0.05) is 48.9 Å². The Morgan fingerprint density at radius 1 is 0.973 bits per heavy atom. The van der Waals surface area contributed by atoms with Gasteiger partial charge in [-0.05, 0) is 22.8 Å². The lowest BCUT2D eigenvalue weighted by Gasteiger charge is -2.43. The third-order valence-corrected chi connectivity index (χ3v) is 7.33. The molecule has 3 aliphatic rings. The van der Waals surface area contributed by atoms with E-state index in [-0.39, 0.29) is 29.0 Å². The molecule has 7 heteroatoms. The highest BCUT2D eigenvalue weighted by Crippen LogP contribution is 2.54. The second kappa shape index (κ2) is 9.26. The largest absolute Gasteiger partial charge is 0.487 e. The number of aromatic nitrogens is 3. The third kappa shape index (κ3) is 5.13. The number of nitrogens with zero attached hydrogens (tertiary/aromatic N) is 3. The van der Waals surface area contributed by atoms with Crippen LogP contribution in [0, 0.1) is 16.7 Å². The number of benzene rings is 1. The number of ketones is 2. The Bertz CT molecular complexity index is 1260. The van der Waals surface area contributed by atoms with E-state index in [4.69, 9.17) is 9.47 Å². The summed E-state index contributed by atoms with van der Waals surface area (Å²) in [4.78, 5) is 27.2. The summed E-state index contributed by atoms with van der Waals surface area (Å²) in [6, 6.07) is 7.72. The molecule has 1 aromatic heterocycles. The fraction of sp³-hybridized carbons (Fsp3) is 0.533. The number of rotatable bonds is 6. The number of para-hydroxylation sites is 1. The summed E-state index contributed by atoms with van der Waals surface area (Å²) >= 11 is 0. The zero-order valence-corrected chi connectivity index (χ0v) is 22.8. The van der Waals surface area contributed by atoms with Gasteiger partial charge < -0.3 is 9.47 Å². The Balaban J connectivity index is 1.54. The summed E-state index contributed by atoms with van der Waals surface area (Å²) in [7, 11) is 0. The van der Waals surface area contributed by atoms with E-state index in [0.29, 0.717) is 60.0 Å². The molecule has 0 N–H and O–H groups in total. The van der Waals surface area contributed by atoms with Crippen molar-refractivity contribution < 1.29 is 19.1 Å². The van der Waals surface area contributed by atoms with Crippen molar-refractivity contribution in [2.45, 2.75) is 86.3 Å². The van der Waals surface area contributed by atoms with Crippen molar-refractivity contribution in [2.75, 3.05) is 0 Å². The molecule has 7 nitrogen and oxygen atoms in total. The van der Waals surface area contributed by atoms with Gasteiger partial charge in [-0.25, -0.2) is 0 Å². The molecule has 0 bridgehead atoms. The summed E-state index contributed by atoms with van der Waals surface area (Å²) in [5.74, 6) is 2.13. The van der Waals surface area contributed by atoms with E-state index < -0.39 is 5.92 Å². The number of carbonyl (C=O) groups is 2. The molecule has 0 fully saturated rings. The molecule has 1 aliphatic heterocycles. The van der Waals surface area contributed by atoms with Crippen LogP contribution in [0.2, 0.25) is 0 Å². The molecule has 5 rings (SSSR count). The first-order valence-corrected chi connectivity index (χ1v) is 13.2. The zero-order valence-electron chi connectivity index (χ0n) is 22.8. The lowest BCUT2D eigenvalue weighted by molar-refractivity contribution is -0.120. The smallest absolute Gasteiger partial charge is 0.163 e. The Hall–Kier alpha value is -3.22. The predicted octanol–water partition coefficient (Wildman–Crippen LogP) is 5.91. The summed E-state index contributed by atoms with van der Waals surface area (Å²) < 4.78 is 14.5. The second-order valence-electron chi connectivity index (χ2n) is 12.7. The van der Waals surface area contributed by atoms with Gasteiger partial charge in [-0.3, -0.25) is 14.3 Å². The lowest BCUT2D eigenvalue weighted by atomic mass is 9.65. The van der Waals surface area contributed by atoms with Gasteiger partial charge in [-0.15, -0.1) is 5.10 Å². The van der Waals surface area contributed by atoms with Gasteiger partial charge in [0.25, 0.3) is 0 Å². The van der Waals surface area contributed by atoms with Crippen LogP contribution in [0.15, 0.2) is 53.1 Å². The number of hydrogen-bond acceptors (Lipinski definition) is 6. The van der Waals surface area contributed by atoms with E-state index in [2.05, 4.69) is 51.9 Å². The summed E-state index contributed by atoms with van der Waals surface area (Å²) in [5, 5.41) is 8.46. The lowest BCUT2D eigenvalue weighted by Crippen LogP contribution is -2.37. The molecule has 37 heavy (non-hydrogen) atoms.